The summed E-state index contributed by atoms with van der Waals surface area (Å²) in [4.78, 5) is 1.24. The third-order valence-corrected chi connectivity index (χ3v) is 3.45. The van der Waals surface area contributed by atoms with Crippen LogP contribution in [-0.4, -0.2) is 10.2 Å². The molecule has 4 nitrogen and oxygen atoms in total. The van der Waals surface area contributed by atoms with Crippen molar-refractivity contribution in [2.24, 2.45) is 0 Å². The zero-order valence-corrected chi connectivity index (χ0v) is 10.2. The Labute approximate surface area is 99.7 Å². The Morgan fingerprint density at radius 3 is 2.87 bits per heavy atom. The van der Waals surface area contributed by atoms with Crippen molar-refractivity contribution in [1.82, 2.24) is 10.2 Å². The van der Waals surface area contributed by atoms with Crippen molar-refractivity contribution < 1.29 is 0 Å². The number of thiophene rings is 1. The highest BCUT2D eigenvalue weighted by atomic mass is 79.9. The molecule has 0 aliphatic carbocycles. The molecule has 0 radical (unpaired) electrons. The molecule has 0 amide bonds. The molecule has 6 heteroatoms. The Morgan fingerprint density at radius 1 is 1.40 bits per heavy atom. The van der Waals surface area contributed by atoms with Gasteiger partial charge in [0.2, 0.25) is 0 Å². The summed E-state index contributed by atoms with van der Waals surface area (Å²) in [7, 11) is 0. The van der Waals surface area contributed by atoms with Crippen LogP contribution >= 0.6 is 27.3 Å². The third-order valence-electron chi connectivity index (χ3n) is 1.75. The highest BCUT2D eigenvalue weighted by molar-refractivity contribution is 9.10. The lowest BCUT2D eigenvalue weighted by atomic mass is 10.4. The first-order valence-corrected chi connectivity index (χ1v) is 5.97. The zero-order chi connectivity index (χ0) is 10.7. The fourth-order valence-corrected chi connectivity index (χ4v) is 2.45. The zero-order valence-electron chi connectivity index (χ0n) is 7.77. The summed E-state index contributed by atoms with van der Waals surface area (Å²) in [5.41, 5.74) is 5.43. The average Bonchev–Trinajstić information content (AvgIpc) is 2.64. The number of hydrogen-bond donors (Lipinski definition) is 2. The van der Waals surface area contributed by atoms with Crippen LogP contribution in [0.1, 0.15) is 4.88 Å². The van der Waals surface area contributed by atoms with Crippen molar-refractivity contribution >= 4 is 38.9 Å². The van der Waals surface area contributed by atoms with Crippen LogP contribution in [0.2, 0.25) is 0 Å². The van der Waals surface area contributed by atoms with Crippen LogP contribution < -0.4 is 11.1 Å². The lowest BCUT2D eigenvalue weighted by Gasteiger charge is -2.02. The van der Waals surface area contributed by atoms with E-state index in [0.717, 1.165) is 16.8 Å². The Kier molecular flexibility index (Phi) is 3.17. The molecule has 0 aromatic carbocycles. The van der Waals surface area contributed by atoms with E-state index in [4.69, 9.17) is 5.73 Å². The fraction of sp³-hybridized carbons (Fsp3) is 0.111. The van der Waals surface area contributed by atoms with E-state index in [1.807, 2.05) is 11.4 Å². The molecule has 3 N–H and O–H groups in total. The number of nitrogens with zero attached hydrogens (tertiary/aromatic N) is 2. The molecule has 0 fully saturated rings. The van der Waals surface area contributed by atoms with Crippen LogP contribution in [0.15, 0.2) is 28.1 Å². The van der Waals surface area contributed by atoms with E-state index in [1.165, 1.54) is 4.88 Å². The van der Waals surface area contributed by atoms with Crippen molar-refractivity contribution in [1.29, 1.82) is 0 Å². The standard InChI is InChI=1S/C9H9BrN4S/c10-6-3-7(15-5-6)4-12-9-2-1-8(11)13-14-9/h1-3,5H,4H2,(H2,11,13)(H,12,14). The van der Waals surface area contributed by atoms with Gasteiger partial charge < -0.3 is 11.1 Å². The Bertz CT molecular complexity index is 440. The predicted molar refractivity (Wildman–Crippen MR) is 65.8 cm³/mol. The second-order valence-corrected chi connectivity index (χ2v) is 4.84. The predicted octanol–water partition coefficient (Wildman–Crippen LogP) is 2.49. The maximum atomic E-state index is 5.43. The van der Waals surface area contributed by atoms with Gasteiger partial charge in [-0.1, -0.05) is 0 Å². The molecular formula is C9H9BrN4S. The number of anilines is 2. The second kappa shape index (κ2) is 4.59. The smallest absolute Gasteiger partial charge is 0.149 e. The lowest BCUT2D eigenvalue weighted by Crippen LogP contribution is -2.02. The quantitative estimate of drug-likeness (QED) is 0.909. The van der Waals surface area contributed by atoms with E-state index in [2.05, 4.69) is 37.5 Å². The summed E-state index contributed by atoms with van der Waals surface area (Å²) < 4.78 is 1.10. The summed E-state index contributed by atoms with van der Waals surface area (Å²) in [6, 6.07) is 5.60. The Morgan fingerprint density at radius 2 is 2.27 bits per heavy atom. The molecular weight excluding hydrogens is 276 g/mol. The van der Waals surface area contributed by atoms with E-state index >= 15 is 0 Å². The van der Waals surface area contributed by atoms with E-state index in [-0.39, 0.29) is 0 Å². The molecule has 15 heavy (non-hydrogen) atoms. The van der Waals surface area contributed by atoms with Crippen molar-refractivity contribution in [3.8, 4) is 0 Å². The Balaban J connectivity index is 1.96. The molecule has 2 aromatic heterocycles. The number of hydrogen-bond acceptors (Lipinski definition) is 5. The minimum atomic E-state index is 0.430. The molecule has 0 aliphatic rings. The second-order valence-electron chi connectivity index (χ2n) is 2.93. The van der Waals surface area contributed by atoms with Gasteiger partial charge in [-0.15, -0.1) is 21.5 Å². The number of aromatic nitrogens is 2. The highest BCUT2D eigenvalue weighted by Crippen LogP contribution is 2.20. The molecule has 0 saturated carbocycles. The normalized spacial score (nSPS) is 10.2. The minimum Gasteiger partial charge on any atom is -0.382 e. The van der Waals surface area contributed by atoms with E-state index in [9.17, 15) is 0 Å². The number of nitrogen functional groups attached to an aromatic ring is 1. The first kappa shape index (κ1) is 10.4. The van der Waals surface area contributed by atoms with Crippen molar-refractivity contribution in [2.45, 2.75) is 6.54 Å². The summed E-state index contributed by atoms with van der Waals surface area (Å²) in [6.45, 7) is 0.745. The van der Waals surface area contributed by atoms with Crippen LogP contribution in [0.3, 0.4) is 0 Å². The first-order valence-electron chi connectivity index (χ1n) is 4.30. The number of nitrogens with two attached hydrogens (primary N) is 1. The monoisotopic (exact) mass is 284 g/mol. The van der Waals surface area contributed by atoms with Crippen molar-refractivity contribution in [2.75, 3.05) is 11.1 Å². The molecule has 2 aromatic rings. The van der Waals surface area contributed by atoms with Crippen LogP contribution in [0, 0.1) is 0 Å². The van der Waals surface area contributed by atoms with Gasteiger partial charge in [0.25, 0.3) is 0 Å². The van der Waals surface area contributed by atoms with Crippen molar-refractivity contribution in [3.05, 3.63) is 32.9 Å². The number of rotatable bonds is 3. The SMILES string of the molecule is Nc1ccc(NCc2cc(Br)cs2)nn1. The van der Waals surface area contributed by atoms with Gasteiger partial charge in [0.05, 0.1) is 6.54 Å². The molecule has 0 spiro atoms. The molecule has 2 heterocycles. The van der Waals surface area contributed by atoms with Gasteiger partial charge in [-0.3, -0.25) is 0 Å². The maximum absolute atomic E-state index is 5.43. The van der Waals surface area contributed by atoms with Gasteiger partial charge in [0.1, 0.15) is 11.6 Å². The van der Waals surface area contributed by atoms with Gasteiger partial charge in [-0.2, -0.15) is 0 Å². The summed E-state index contributed by atoms with van der Waals surface area (Å²) in [6.07, 6.45) is 0. The largest absolute Gasteiger partial charge is 0.382 e. The highest BCUT2D eigenvalue weighted by Gasteiger charge is 1.98. The van der Waals surface area contributed by atoms with Crippen LogP contribution in [0.25, 0.3) is 0 Å². The lowest BCUT2D eigenvalue weighted by molar-refractivity contribution is 1.01. The number of halogens is 1. The van der Waals surface area contributed by atoms with Gasteiger partial charge >= 0.3 is 0 Å². The van der Waals surface area contributed by atoms with Gasteiger partial charge in [-0.25, -0.2) is 0 Å². The van der Waals surface area contributed by atoms with Crippen LogP contribution in [-0.2, 0) is 6.54 Å². The summed E-state index contributed by atoms with van der Waals surface area (Å²) >= 11 is 5.10. The maximum Gasteiger partial charge on any atom is 0.149 e. The molecule has 2 rings (SSSR count). The van der Waals surface area contributed by atoms with E-state index in [1.54, 1.807) is 17.4 Å². The summed E-state index contributed by atoms with van der Waals surface area (Å²) in [5, 5.41) is 12.9. The molecule has 0 bridgehead atoms. The van der Waals surface area contributed by atoms with Crippen molar-refractivity contribution in [3.63, 3.8) is 0 Å². The minimum absolute atomic E-state index is 0.430. The number of nitrogens with one attached hydrogen (secondary N) is 1. The first-order chi connectivity index (χ1) is 7.24. The molecule has 0 saturated heterocycles. The van der Waals surface area contributed by atoms with Gasteiger partial charge in [0.15, 0.2) is 0 Å². The summed E-state index contributed by atoms with van der Waals surface area (Å²) in [5.74, 6) is 1.16. The molecule has 0 atom stereocenters. The van der Waals surface area contributed by atoms with Gasteiger partial charge in [0, 0.05) is 14.7 Å². The third kappa shape index (κ3) is 2.90. The molecule has 0 aliphatic heterocycles. The van der Waals surface area contributed by atoms with Crippen LogP contribution in [0.5, 0.6) is 0 Å². The van der Waals surface area contributed by atoms with Gasteiger partial charge in [-0.05, 0) is 34.1 Å². The van der Waals surface area contributed by atoms with Crippen LogP contribution in [0.4, 0.5) is 11.6 Å². The van der Waals surface area contributed by atoms with E-state index < -0.39 is 0 Å². The molecule has 0 unspecified atom stereocenters. The topological polar surface area (TPSA) is 63.8 Å². The van der Waals surface area contributed by atoms with E-state index in [0.29, 0.717) is 5.82 Å². The average molecular weight is 285 g/mol. The molecule has 78 valence electrons. The Hall–Kier alpha value is -1.14. The fourth-order valence-electron chi connectivity index (χ4n) is 1.06.